The number of amides is 3. The van der Waals surface area contributed by atoms with Crippen molar-refractivity contribution in [1.82, 2.24) is 14.6 Å². The average Bonchev–Trinajstić information content (AvgIpc) is 3.79. The number of fused-ring (bicyclic) bond motifs is 6. The number of piperazine rings is 1. The second-order valence-electron chi connectivity index (χ2n) is 13.5. The summed E-state index contributed by atoms with van der Waals surface area (Å²) in [5, 5.41) is 3.98. The molecular weight excluding hydrogens is 550 g/mol. The van der Waals surface area contributed by atoms with Gasteiger partial charge in [0.2, 0.25) is 18.5 Å². The first-order chi connectivity index (χ1) is 20.5. The van der Waals surface area contributed by atoms with Gasteiger partial charge >= 0.3 is 6.09 Å². The lowest BCUT2D eigenvalue weighted by Crippen LogP contribution is -2.63. The fourth-order valence-corrected chi connectivity index (χ4v) is 9.90. The highest BCUT2D eigenvalue weighted by Crippen LogP contribution is 2.56. The highest BCUT2D eigenvalue weighted by Gasteiger charge is 2.61. The zero-order chi connectivity index (χ0) is 28.8. The summed E-state index contributed by atoms with van der Waals surface area (Å²) in [6.45, 7) is 7.68. The Bertz CT molecular complexity index is 1310. The molecule has 2 bridgehead atoms. The van der Waals surface area contributed by atoms with Gasteiger partial charge in [-0.25, -0.2) is 4.79 Å². The van der Waals surface area contributed by atoms with Crippen LogP contribution in [0.3, 0.4) is 0 Å². The molecule has 0 spiro atoms. The average molecular weight is 595 g/mol. The SMILES string of the molecule is CCNC(=O)OC[N+]1(CC2CCCCC2CN2C(=O)C3C4CCC(C4)C3C2=O)CCN(c2nsc3ccccc23)CC1. The topological polar surface area (TPSA) is 91.8 Å². The second-order valence-corrected chi connectivity index (χ2v) is 14.3. The van der Waals surface area contributed by atoms with Crippen molar-refractivity contribution in [3.63, 3.8) is 0 Å². The van der Waals surface area contributed by atoms with Crippen LogP contribution in [0.25, 0.3) is 10.1 Å². The Hall–Kier alpha value is -2.72. The Morgan fingerprint density at radius 2 is 1.71 bits per heavy atom. The predicted octanol–water partition coefficient (Wildman–Crippen LogP) is 4.47. The molecule has 3 heterocycles. The molecule has 3 saturated carbocycles. The summed E-state index contributed by atoms with van der Waals surface area (Å²) < 4.78 is 12.5. The number of nitrogens with zero attached hydrogens (tertiary/aromatic N) is 4. The highest BCUT2D eigenvalue weighted by molar-refractivity contribution is 7.13. The standard InChI is InChI=1S/C32H43N5O4S/c1-2-33-32(40)41-20-37(15-13-35(14-16-37)29-25-9-5-6-10-26(25)42-34-29)19-24-8-4-3-7-23(24)18-36-30(38)27-21-11-12-22(17-21)28(27)31(36)39/h5-6,9-10,21-24,27-28H,2-4,7-8,11-20H2,1H3/p+1. The minimum atomic E-state index is -0.363. The summed E-state index contributed by atoms with van der Waals surface area (Å²) in [5.74, 6) is 2.76. The van der Waals surface area contributed by atoms with Crippen LogP contribution < -0.4 is 10.2 Å². The van der Waals surface area contributed by atoms with Crippen LogP contribution in [0.15, 0.2) is 24.3 Å². The van der Waals surface area contributed by atoms with Crippen molar-refractivity contribution in [3.05, 3.63) is 24.3 Å². The maximum Gasteiger partial charge on any atom is 0.411 e. The normalized spacial score (nSPS) is 32.0. The van der Waals surface area contributed by atoms with Gasteiger partial charge in [0.25, 0.3) is 0 Å². The van der Waals surface area contributed by atoms with E-state index in [1.807, 2.05) is 6.92 Å². The molecular formula is C32H44N5O4S+. The zero-order valence-corrected chi connectivity index (χ0v) is 25.5. The molecule has 226 valence electrons. The number of carbonyl (C=O) groups is 3. The van der Waals surface area contributed by atoms with Gasteiger partial charge in [0.1, 0.15) is 0 Å². The number of ether oxygens (including phenoxy) is 1. The molecule has 2 aliphatic heterocycles. The first-order valence-electron chi connectivity index (χ1n) is 16.2. The van der Waals surface area contributed by atoms with Gasteiger partial charge in [-0.05, 0) is 80.4 Å². The van der Waals surface area contributed by atoms with E-state index in [0.717, 1.165) is 77.1 Å². The Morgan fingerprint density at radius 3 is 2.43 bits per heavy atom. The maximum absolute atomic E-state index is 13.5. The lowest BCUT2D eigenvalue weighted by Gasteiger charge is -2.47. The van der Waals surface area contributed by atoms with Gasteiger partial charge < -0.3 is 15.0 Å². The van der Waals surface area contributed by atoms with Crippen LogP contribution >= 0.6 is 11.5 Å². The molecule has 6 atom stereocenters. The first kappa shape index (κ1) is 28.1. The summed E-state index contributed by atoms with van der Waals surface area (Å²) in [6, 6.07) is 8.40. The molecule has 42 heavy (non-hydrogen) atoms. The van der Waals surface area contributed by atoms with Crippen LogP contribution in [0.2, 0.25) is 0 Å². The number of quaternary nitrogens is 1. The van der Waals surface area contributed by atoms with Crippen LogP contribution in [0.5, 0.6) is 0 Å². The number of hydrogen-bond donors (Lipinski definition) is 1. The van der Waals surface area contributed by atoms with Crippen molar-refractivity contribution < 1.29 is 23.6 Å². The van der Waals surface area contributed by atoms with E-state index < -0.39 is 0 Å². The van der Waals surface area contributed by atoms with E-state index in [0.29, 0.717) is 48.0 Å². The Morgan fingerprint density at radius 1 is 1.02 bits per heavy atom. The number of rotatable bonds is 8. The summed E-state index contributed by atoms with van der Waals surface area (Å²) in [4.78, 5) is 43.5. The molecule has 10 heteroatoms. The summed E-state index contributed by atoms with van der Waals surface area (Å²) >= 11 is 1.55. The van der Waals surface area contributed by atoms with E-state index in [1.165, 1.54) is 16.5 Å². The molecule has 5 aliphatic rings. The summed E-state index contributed by atoms with van der Waals surface area (Å²) in [5.41, 5.74) is 0. The number of likely N-dealkylation sites (tertiary alicyclic amines) is 1. The van der Waals surface area contributed by atoms with Gasteiger partial charge in [0.05, 0.1) is 49.3 Å². The summed E-state index contributed by atoms with van der Waals surface area (Å²) in [6.07, 6.45) is 7.42. The van der Waals surface area contributed by atoms with E-state index in [2.05, 4.69) is 34.5 Å². The van der Waals surface area contributed by atoms with Gasteiger partial charge in [-0.15, -0.1) is 0 Å². The van der Waals surface area contributed by atoms with Gasteiger partial charge in [0.15, 0.2) is 5.82 Å². The number of nitrogens with one attached hydrogen (secondary N) is 1. The molecule has 1 aromatic carbocycles. The van der Waals surface area contributed by atoms with E-state index in [4.69, 9.17) is 9.11 Å². The lowest BCUT2D eigenvalue weighted by atomic mass is 9.78. The zero-order valence-electron chi connectivity index (χ0n) is 24.7. The third-order valence-electron chi connectivity index (χ3n) is 11.3. The van der Waals surface area contributed by atoms with Crippen molar-refractivity contribution in [1.29, 1.82) is 0 Å². The van der Waals surface area contributed by atoms with Crippen molar-refractivity contribution in [2.45, 2.75) is 51.9 Å². The van der Waals surface area contributed by atoms with Gasteiger partial charge in [-0.2, -0.15) is 4.37 Å². The third kappa shape index (κ3) is 4.98. The molecule has 6 unspecified atom stereocenters. The smallest absolute Gasteiger partial charge is 0.399 e. The number of alkyl carbamates (subject to hydrolysis) is 1. The molecule has 7 rings (SSSR count). The Balaban J connectivity index is 1.07. The second kappa shape index (κ2) is 11.4. The number of anilines is 1. The van der Waals surface area contributed by atoms with Crippen LogP contribution in [0, 0.1) is 35.5 Å². The third-order valence-corrected chi connectivity index (χ3v) is 12.1. The maximum atomic E-state index is 13.5. The number of hydrogen-bond acceptors (Lipinski definition) is 7. The Kier molecular flexibility index (Phi) is 7.63. The molecule has 2 saturated heterocycles. The van der Waals surface area contributed by atoms with E-state index in [1.54, 1.807) is 16.4 Å². The van der Waals surface area contributed by atoms with Crippen LogP contribution in [-0.2, 0) is 14.3 Å². The molecule has 3 amide bonds. The van der Waals surface area contributed by atoms with Crippen LogP contribution in [-0.4, -0.2) is 84.2 Å². The predicted molar refractivity (Wildman–Crippen MR) is 162 cm³/mol. The molecule has 1 N–H and O–H groups in total. The molecule has 3 aliphatic carbocycles. The molecule has 2 aromatic rings. The first-order valence-corrected chi connectivity index (χ1v) is 16.9. The minimum absolute atomic E-state index is 0.0444. The van der Waals surface area contributed by atoms with Crippen molar-refractivity contribution in [2.24, 2.45) is 35.5 Å². The summed E-state index contributed by atoms with van der Waals surface area (Å²) in [7, 11) is 0. The van der Waals surface area contributed by atoms with Crippen LogP contribution in [0.1, 0.15) is 51.9 Å². The number of aromatic nitrogens is 1. The largest absolute Gasteiger partial charge is 0.411 e. The van der Waals surface area contributed by atoms with Crippen LogP contribution in [0.4, 0.5) is 10.6 Å². The number of benzene rings is 1. The fourth-order valence-electron chi connectivity index (χ4n) is 9.10. The molecule has 1 aromatic heterocycles. The highest BCUT2D eigenvalue weighted by atomic mass is 32.1. The lowest BCUT2D eigenvalue weighted by molar-refractivity contribution is -0.947. The fraction of sp³-hybridized carbons (Fsp3) is 0.688. The number of carbonyl (C=O) groups excluding carboxylic acids is 3. The van der Waals surface area contributed by atoms with Crippen molar-refractivity contribution >= 4 is 45.3 Å². The molecule has 9 nitrogen and oxygen atoms in total. The van der Waals surface area contributed by atoms with Gasteiger partial charge in [0, 0.05) is 24.4 Å². The monoisotopic (exact) mass is 594 g/mol. The van der Waals surface area contributed by atoms with Gasteiger partial charge in [-0.3, -0.25) is 19.0 Å². The minimum Gasteiger partial charge on any atom is -0.399 e. The van der Waals surface area contributed by atoms with E-state index in [9.17, 15) is 14.4 Å². The molecule has 0 radical (unpaired) electrons. The van der Waals surface area contributed by atoms with E-state index in [-0.39, 0.29) is 29.7 Å². The van der Waals surface area contributed by atoms with E-state index >= 15 is 0 Å². The molecule has 5 fully saturated rings. The van der Waals surface area contributed by atoms with Crippen molar-refractivity contribution in [3.8, 4) is 0 Å². The van der Waals surface area contributed by atoms with Gasteiger partial charge in [-0.1, -0.05) is 25.0 Å². The quantitative estimate of drug-likeness (QED) is 0.358. The Labute approximate surface area is 252 Å². The number of imide groups is 1. The van der Waals surface area contributed by atoms with Crippen molar-refractivity contribution in [2.75, 3.05) is 57.4 Å².